The summed E-state index contributed by atoms with van der Waals surface area (Å²) in [4.78, 5) is 0. The van der Waals surface area contributed by atoms with E-state index in [1.165, 1.54) is 25.7 Å². The van der Waals surface area contributed by atoms with Gasteiger partial charge in [0.2, 0.25) is 0 Å². The third kappa shape index (κ3) is 0.971. The van der Waals surface area contributed by atoms with Gasteiger partial charge in [-0.25, -0.2) is 0 Å². The van der Waals surface area contributed by atoms with Crippen LogP contribution in [0.4, 0.5) is 0 Å². The topological polar surface area (TPSA) is 40.5 Å². The van der Waals surface area contributed by atoms with Gasteiger partial charge in [0.1, 0.15) is 0 Å². The Morgan fingerprint density at radius 2 is 1.25 bits per heavy atom. The molecule has 16 heavy (non-hydrogen) atoms. The Morgan fingerprint density at radius 3 is 1.69 bits per heavy atom. The highest BCUT2D eigenvalue weighted by Crippen LogP contribution is 2.70. The van der Waals surface area contributed by atoms with Crippen molar-refractivity contribution in [3.8, 4) is 0 Å². The van der Waals surface area contributed by atoms with Crippen molar-refractivity contribution in [1.29, 1.82) is 0 Å². The van der Waals surface area contributed by atoms with Crippen LogP contribution in [0.5, 0.6) is 0 Å². The Morgan fingerprint density at radius 1 is 0.750 bits per heavy atom. The van der Waals surface area contributed by atoms with E-state index >= 15 is 0 Å². The van der Waals surface area contributed by atoms with E-state index < -0.39 is 0 Å². The Labute approximate surface area is 97.0 Å². The summed E-state index contributed by atoms with van der Waals surface area (Å²) in [6.07, 6.45) is 5.70. The van der Waals surface area contributed by atoms with E-state index in [2.05, 4.69) is 0 Å². The van der Waals surface area contributed by atoms with Crippen LogP contribution in [0.2, 0.25) is 0 Å². The van der Waals surface area contributed by atoms with Crippen molar-refractivity contribution in [2.75, 3.05) is 13.2 Å². The second kappa shape index (κ2) is 3.23. The van der Waals surface area contributed by atoms with Crippen molar-refractivity contribution in [2.24, 2.45) is 47.3 Å². The molecule has 0 aromatic rings. The first-order valence-electron chi connectivity index (χ1n) is 7.07. The molecule has 2 N–H and O–H groups in total. The summed E-state index contributed by atoms with van der Waals surface area (Å²) in [5.41, 5.74) is 0. The van der Waals surface area contributed by atoms with Gasteiger partial charge in [0.15, 0.2) is 0 Å². The molecule has 0 spiro atoms. The largest absolute Gasteiger partial charge is 0.396 e. The number of hydrogen-bond donors (Lipinski definition) is 2. The average molecular weight is 222 g/mol. The van der Waals surface area contributed by atoms with Gasteiger partial charge in [0, 0.05) is 13.2 Å². The number of fused-ring (bicyclic) bond motifs is 9. The Kier molecular flexibility index (Phi) is 2.00. The number of hydrogen-bond acceptors (Lipinski definition) is 2. The van der Waals surface area contributed by atoms with Crippen LogP contribution in [-0.2, 0) is 0 Å². The molecule has 0 aromatic carbocycles. The molecular weight excluding hydrogens is 200 g/mol. The number of rotatable bonds is 2. The minimum absolute atomic E-state index is 0.312. The van der Waals surface area contributed by atoms with Gasteiger partial charge >= 0.3 is 0 Å². The Bertz CT molecular complexity index is 275. The lowest BCUT2D eigenvalue weighted by molar-refractivity contribution is 0.00173. The van der Waals surface area contributed by atoms with E-state index in [0.29, 0.717) is 25.0 Å². The van der Waals surface area contributed by atoms with Crippen molar-refractivity contribution in [3.05, 3.63) is 0 Å². The van der Waals surface area contributed by atoms with E-state index in [0.717, 1.165) is 35.5 Å². The van der Waals surface area contributed by atoms with E-state index in [4.69, 9.17) is 0 Å². The van der Waals surface area contributed by atoms with Crippen LogP contribution in [0.25, 0.3) is 0 Å². The van der Waals surface area contributed by atoms with Crippen molar-refractivity contribution < 1.29 is 10.2 Å². The number of aliphatic hydroxyl groups excluding tert-OH is 2. The van der Waals surface area contributed by atoms with Gasteiger partial charge in [-0.15, -0.1) is 0 Å². The second-order valence-corrected chi connectivity index (χ2v) is 6.74. The minimum atomic E-state index is 0.312. The van der Waals surface area contributed by atoms with Crippen molar-refractivity contribution in [3.63, 3.8) is 0 Å². The summed E-state index contributed by atoms with van der Waals surface area (Å²) < 4.78 is 0. The fraction of sp³-hybridized carbons (Fsp3) is 1.00. The lowest BCUT2D eigenvalue weighted by Crippen LogP contribution is -2.40. The maximum Gasteiger partial charge on any atom is 0.0465 e. The third-order valence-corrected chi connectivity index (χ3v) is 6.65. The van der Waals surface area contributed by atoms with Gasteiger partial charge in [-0.05, 0) is 73.0 Å². The van der Waals surface area contributed by atoms with Gasteiger partial charge in [-0.1, -0.05) is 0 Å². The van der Waals surface area contributed by atoms with Crippen LogP contribution >= 0.6 is 0 Å². The first-order valence-corrected chi connectivity index (χ1v) is 7.07. The third-order valence-electron chi connectivity index (χ3n) is 6.65. The predicted molar refractivity (Wildman–Crippen MR) is 60.6 cm³/mol. The van der Waals surface area contributed by atoms with Crippen LogP contribution in [-0.4, -0.2) is 23.4 Å². The zero-order valence-corrected chi connectivity index (χ0v) is 9.76. The van der Waals surface area contributed by atoms with Gasteiger partial charge in [-0.3, -0.25) is 0 Å². The predicted octanol–water partition coefficient (Wildman–Crippen LogP) is 1.52. The summed E-state index contributed by atoms with van der Waals surface area (Å²) in [6.45, 7) is 0.625. The molecule has 8 atom stereocenters. The van der Waals surface area contributed by atoms with Crippen molar-refractivity contribution in [2.45, 2.75) is 25.7 Å². The second-order valence-electron chi connectivity index (χ2n) is 6.74. The summed E-state index contributed by atoms with van der Waals surface area (Å²) >= 11 is 0. The zero-order valence-electron chi connectivity index (χ0n) is 9.76. The summed E-state index contributed by atoms with van der Waals surface area (Å²) in [5.74, 6) is 6.20. The fourth-order valence-electron chi connectivity index (χ4n) is 6.38. The van der Waals surface area contributed by atoms with Gasteiger partial charge < -0.3 is 10.2 Å². The molecule has 4 aliphatic carbocycles. The summed E-state index contributed by atoms with van der Waals surface area (Å²) in [6, 6.07) is 0. The first kappa shape index (κ1) is 9.90. The zero-order chi connectivity index (χ0) is 10.9. The molecule has 4 fully saturated rings. The molecule has 0 aromatic heterocycles. The molecule has 0 saturated heterocycles. The van der Waals surface area contributed by atoms with Crippen molar-refractivity contribution >= 4 is 0 Å². The summed E-state index contributed by atoms with van der Waals surface area (Å²) in [7, 11) is 0. The Hall–Kier alpha value is -0.0800. The molecule has 4 bridgehead atoms. The standard InChI is InChI=1S/C14H22O2/c15-5-11-9-4-10(12(11)6-16)14-8-2-1-7(3-8)13(9)14/h7-16H,1-6H2/t7-,8?,9-,10+,11?,12?,13?,14?/m1/s1. The average Bonchev–Trinajstić information content (AvgIpc) is 3.03. The summed E-state index contributed by atoms with van der Waals surface area (Å²) in [5, 5.41) is 19.1. The van der Waals surface area contributed by atoms with E-state index in [-0.39, 0.29) is 0 Å². The molecule has 4 aliphatic rings. The molecule has 2 heteroatoms. The van der Waals surface area contributed by atoms with Crippen molar-refractivity contribution in [1.82, 2.24) is 0 Å². The maximum atomic E-state index is 9.57. The molecule has 0 heterocycles. The van der Waals surface area contributed by atoms with E-state index in [1.807, 2.05) is 0 Å². The molecule has 4 rings (SSSR count). The molecule has 2 nitrogen and oxygen atoms in total. The Balaban J connectivity index is 1.68. The minimum Gasteiger partial charge on any atom is -0.396 e. The number of aliphatic hydroxyl groups is 2. The molecule has 90 valence electrons. The van der Waals surface area contributed by atoms with Crippen LogP contribution in [0.1, 0.15) is 25.7 Å². The molecule has 0 amide bonds. The highest BCUT2D eigenvalue weighted by molar-refractivity contribution is 5.13. The quantitative estimate of drug-likeness (QED) is 0.695. The fourth-order valence-corrected chi connectivity index (χ4v) is 6.38. The molecule has 5 unspecified atom stereocenters. The van der Waals surface area contributed by atoms with Crippen LogP contribution in [0.15, 0.2) is 0 Å². The maximum absolute atomic E-state index is 9.57. The van der Waals surface area contributed by atoms with Crippen LogP contribution < -0.4 is 0 Å². The lowest BCUT2D eigenvalue weighted by Gasteiger charge is -2.42. The van der Waals surface area contributed by atoms with E-state index in [1.54, 1.807) is 0 Å². The molecule has 0 aliphatic heterocycles. The van der Waals surface area contributed by atoms with Crippen LogP contribution in [0.3, 0.4) is 0 Å². The monoisotopic (exact) mass is 222 g/mol. The highest BCUT2D eigenvalue weighted by Gasteiger charge is 2.64. The van der Waals surface area contributed by atoms with Crippen LogP contribution in [0, 0.1) is 47.3 Å². The lowest BCUT2D eigenvalue weighted by atomic mass is 9.64. The first-order chi connectivity index (χ1) is 7.85. The molecular formula is C14H22O2. The normalized spacial score (nSPS) is 61.9. The van der Waals surface area contributed by atoms with Gasteiger partial charge in [-0.2, -0.15) is 0 Å². The highest BCUT2D eigenvalue weighted by atomic mass is 16.3. The smallest absolute Gasteiger partial charge is 0.0465 e. The molecule has 4 saturated carbocycles. The van der Waals surface area contributed by atoms with E-state index in [9.17, 15) is 10.2 Å². The molecule has 0 radical (unpaired) electrons. The van der Waals surface area contributed by atoms with Gasteiger partial charge in [0.05, 0.1) is 0 Å². The SMILES string of the molecule is OCC1C(CO)[C@@H]2C[C@H]1C1C2C2CC[C@@H]1C2. The van der Waals surface area contributed by atoms with Gasteiger partial charge in [0.25, 0.3) is 0 Å².